The van der Waals surface area contributed by atoms with Crippen molar-refractivity contribution < 1.29 is 9.90 Å². The smallest absolute Gasteiger partial charge is 0.320 e. The minimum absolute atomic E-state index is 0.132. The molecular formula is C26H30N6O2. The summed E-state index contributed by atoms with van der Waals surface area (Å²) >= 11 is 0. The van der Waals surface area contributed by atoms with Gasteiger partial charge in [0.2, 0.25) is 0 Å². The number of rotatable bonds is 8. The summed E-state index contributed by atoms with van der Waals surface area (Å²) in [6.45, 7) is 8.83. The number of allylic oxidation sites excluding steroid dienone is 3. The van der Waals surface area contributed by atoms with Gasteiger partial charge in [-0.2, -0.15) is 5.10 Å². The third kappa shape index (κ3) is 5.02. The summed E-state index contributed by atoms with van der Waals surface area (Å²) in [4.78, 5) is 21.6. The number of fused-ring (bicyclic) bond motifs is 1. The molecule has 3 heterocycles. The van der Waals surface area contributed by atoms with Crippen molar-refractivity contribution >= 4 is 22.8 Å². The first-order valence-corrected chi connectivity index (χ1v) is 11.3. The Labute approximate surface area is 199 Å². The van der Waals surface area contributed by atoms with E-state index in [-0.39, 0.29) is 6.03 Å². The summed E-state index contributed by atoms with van der Waals surface area (Å²) in [5, 5.41) is 18.9. The summed E-state index contributed by atoms with van der Waals surface area (Å²) in [7, 11) is 0. The number of nitrogen functional groups attached to an aromatic ring is 1. The molecule has 176 valence electrons. The number of aromatic amines is 1. The number of pyridine rings is 1. The molecule has 1 aliphatic rings. The molecule has 0 bridgehead atoms. The number of hydrogen-bond acceptors (Lipinski definition) is 5. The first-order chi connectivity index (χ1) is 16.5. The van der Waals surface area contributed by atoms with Crippen molar-refractivity contribution in [1.82, 2.24) is 25.0 Å². The van der Waals surface area contributed by atoms with Crippen molar-refractivity contribution in [2.45, 2.75) is 38.1 Å². The lowest BCUT2D eigenvalue weighted by atomic mass is 9.97. The number of urea groups is 1. The van der Waals surface area contributed by atoms with Gasteiger partial charge in [-0.25, -0.2) is 4.79 Å². The molecule has 0 saturated carbocycles. The molecule has 0 spiro atoms. The quantitative estimate of drug-likeness (QED) is 0.445. The largest absolute Gasteiger partial charge is 0.391 e. The number of nitrogens with one attached hydrogen (secondary N) is 1. The van der Waals surface area contributed by atoms with E-state index in [9.17, 15) is 9.90 Å². The predicted molar refractivity (Wildman–Crippen MR) is 134 cm³/mol. The van der Waals surface area contributed by atoms with Crippen molar-refractivity contribution in [1.29, 1.82) is 0 Å². The summed E-state index contributed by atoms with van der Waals surface area (Å²) < 4.78 is 0. The Morgan fingerprint density at radius 1 is 1.26 bits per heavy atom. The number of benzene rings is 1. The predicted octanol–water partition coefficient (Wildman–Crippen LogP) is 3.79. The van der Waals surface area contributed by atoms with E-state index in [2.05, 4.69) is 28.3 Å². The molecule has 2 unspecified atom stereocenters. The molecule has 34 heavy (non-hydrogen) atoms. The number of amides is 2. The zero-order valence-electron chi connectivity index (χ0n) is 19.1. The third-order valence-electron chi connectivity index (χ3n) is 6.20. The van der Waals surface area contributed by atoms with Crippen LogP contribution >= 0.6 is 0 Å². The first-order valence-electron chi connectivity index (χ1n) is 11.3. The van der Waals surface area contributed by atoms with Crippen molar-refractivity contribution in [3.63, 3.8) is 0 Å². The van der Waals surface area contributed by atoms with E-state index >= 15 is 0 Å². The highest BCUT2D eigenvalue weighted by Gasteiger charge is 2.36. The van der Waals surface area contributed by atoms with Gasteiger partial charge in [0, 0.05) is 37.4 Å². The van der Waals surface area contributed by atoms with Crippen LogP contribution in [-0.2, 0) is 13.1 Å². The number of nitrogens with zero attached hydrogens (tertiary/aromatic N) is 4. The normalized spacial score (nSPS) is 19.3. The number of aliphatic hydroxyl groups is 1. The Morgan fingerprint density at radius 3 is 2.85 bits per heavy atom. The molecule has 4 rings (SSSR count). The molecule has 1 saturated heterocycles. The van der Waals surface area contributed by atoms with E-state index in [1.807, 2.05) is 36.4 Å². The van der Waals surface area contributed by atoms with E-state index in [1.165, 1.54) is 0 Å². The number of carbonyl (C=O) groups is 1. The molecule has 1 aliphatic heterocycles. The number of H-pyrrole nitrogens is 1. The first kappa shape index (κ1) is 23.3. The highest BCUT2D eigenvalue weighted by molar-refractivity contribution is 5.89. The lowest BCUT2D eigenvalue weighted by molar-refractivity contribution is 0.0682. The molecule has 2 amide bonds. The summed E-state index contributed by atoms with van der Waals surface area (Å²) in [6.07, 6.45) is 9.00. The topological polar surface area (TPSA) is 111 Å². The number of nitrogens with two attached hydrogens (primary N) is 1. The fourth-order valence-corrected chi connectivity index (χ4v) is 4.39. The molecule has 4 N–H and O–H groups in total. The van der Waals surface area contributed by atoms with Crippen molar-refractivity contribution in [3.8, 4) is 0 Å². The number of anilines is 1. The Balaban J connectivity index is 1.64. The van der Waals surface area contributed by atoms with Crippen LogP contribution < -0.4 is 5.73 Å². The van der Waals surface area contributed by atoms with Crippen LogP contribution in [0, 0.1) is 0 Å². The van der Waals surface area contributed by atoms with Gasteiger partial charge in [0.05, 0.1) is 17.7 Å². The van der Waals surface area contributed by atoms with Gasteiger partial charge in [-0.15, -0.1) is 0 Å². The third-order valence-corrected chi connectivity index (χ3v) is 6.20. The Hall–Kier alpha value is -3.91. The lowest BCUT2D eigenvalue weighted by Gasteiger charge is -2.34. The Kier molecular flexibility index (Phi) is 7.08. The van der Waals surface area contributed by atoms with Crippen molar-refractivity contribution in [3.05, 3.63) is 90.8 Å². The standard InChI is InChI=1S/C26H30N6O2/c1-3-6-18(4-2)14-23-24(33)10-12-31(26(34)32(23)17-20-7-5-11-28-15-20)16-19-8-9-22-21(13-19)25(27)30-29-22/h3-9,11,13,15,23-24,33H,1-2,10,12,14,16-17H2,(H3,27,29,30)/b18-6+. The highest BCUT2D eigenvalue weighted by atomic mass is 16.3. The van der Waals surface area contributed by atoms with E-state index < -0.39 is 12.1 Å². The summed E-state index contributed by atoms with van der Waals surface area (Å²) in [5.74, 6) is 0.429. The van der Waals surface area contributed by atoms with Crippen LogP contribution in [0.5, 0.6) is 0 Å². The Bertz CT molecular complexity index is 1200. The van der Waals surface area contributed by atoms with Gasteiger partial charge in [0.1, 0.15) is 0 Å². The zero-order valence-corrected chi connectivity index (χ0v) is 19.1. The zero-order chi connectivity index (χ0) is 24.1. The minimum atomic E-state index is -0.689. The van der Waals surface area contributed by atoms with Crippen LogP contribution in [0.15, 0.2) is 79.7 Å². The number of carbonyl (C=O) groups excluding carboxylic acids is 1. The SMILES string of the molecule is C=C/C=C(\C=C)CC1C(O)CCN(Cc2ccc3[nH]nc(N)c3c2)C(=O)N1Cc1cccnc1. The maximum Gasteiger partial charge on any atom is 0.320 e. The van der Waals surface area contributed by atoms with Crippen molar-refractivity contribution in [2.24, 2.45) is 0 Å². The Morgan fingerprint density at radius 2 is 2.12 bits per heavy atom. The van der Waals surface area contributed by atoms with Crippen LogP contribution in [0.2, 0.25) is 0 Å². The number of aromatic nitrogens is 3. The highest BCUT2D eigenvalue weighted by Crippen LogP contribution is 2.27. The fourth-order valence-electron chi connectivity index (χ4n) is 4.39. The summed E-state index contributed by atoms with van der Waals surface area (Å²) in [5.41, 5.74) is 9.58. The van der Waals surface area contributed by atoms with Gasteiger partial charge in [-0.05, 0) is 47.7 Å². The van der Waals surface area contributed by atoms with E-state index in [4.69, 9.17) is 5.73 Å². The van der Waals surface area contributed by atoms with Crippen LogP contribution in [0.1, 0.15) is 24.0 Å². The van der Waals surface area contributed by atoms with E-state index in [0.717, 1.165) is 27.6 Å². The second-order valence-electron chi connectivity index (χ2n) is 8.49. The fraction of sp³-hybridized carbons (Fsp3) is 0.269. The van der Waals surface area contributed by atoms with Crippen LogP contribution in [-0.4, -0.2) is 54.8 Å². The van der Waals surface area contributed by atoms with Gasteiger partial charge >= 0.3 is 6.03 Å². The molecule has 1 fully saturated rings. The molecule has 8 heteroatoms. The number of hydrogen-bond donors (Lipinski definition) is 3. The van der Waals surface area contributed by atoms with Gasteiger partial charge in [0.25, 0.3) is 0 Å². The van der Waals surface area contributed by atoms with Gasteiger partial charge in [0.15, 0.2) is 5.82 Å². The van der Waals surface area contributed by atoms with Gasteiger partial charge in [-0.3, -0.25) is 10.1 Å². The molecular weight excluding hydrogens is 428 g/mol. The van der Waals surface area contributed by atoms with E-state index in [1.54, 1.807) is 34.3 Å². The van der Waals surface area contributed by atoms with Gasteiger partial charge < -0.3 is 20.6 Å². The van der Waals surface area contributed by atoms with Crippen LogP contribution in [0.3, 0.4) is 0 Å². The summed E-state index contributed by atoms with van der Waals surface area (Å²) in [6, 6.07) is 9.06. The molecule has 0 radical (unpaired) electrons. The van der Waals surface area contributed by atoms with Gasteiger partial charge in [-0.1, -0.05) is 43.5 Å². The molecule has 8 nitrogen and oxygen atoms in total. The lowest BCUT2D eigenvalue weighted by Crippen LogP contribution is -2.48. The van der Waals surface area contributed by atoms with E-state index in [0.29, 0.717) is 38.3 Å². The maximum absolute atomic E-state index is 13.8. The molecule has 3 aromatic rings. The molecule has 1 aromatic carbocycles. The molecule has 0 aliphatic carbocycles. The average Bonchev–Trinajstić information content (AvgIpc) is 3.18. The number of aliphatic hydroxyl groups excluding tert-OH is 1. The molecule has 2 aromatic heterocycles. The van der Waals surface area contributed by atoms with Crippen molar-refractivity contribution in [2.75, 3.05) is 12.3 Å². The average molecular weight is 459 g/mol. The molecule has 2 atom stereocenters. The maximum atomic E-state index is 13.8. The second kappa shape index (κ2) is 10.4. The minimum Gasteiger partial charge on any atom is -0.391 e. The van der Waals surface area contributed by atoms with Crippen LogP contribution in [0.25, 0.3) is 10.9 Å². The van der Waals surface area contributed by atoms with Crippen LogP contribution in [0.4, 0.5) is 10.6 Å². The second-order valence-corrected chi connectivity index (χ2v) is 8.49. The monoisotopic (exact) mass is 458 g/mol.